The van der Waals surface area contributed by atoms with Gasteiger partial charge in [0.15, 0.2) is 0 Å². The average Bonchev–Trinajstić information content (AvgIpc) is 2.43. The Bertz CT molecular complexity index is 240. The molecule has 1 fully saturated rings. The highest BCUT2D eigenvalue weighted by atomic mass is 16.5. The van der Waals surface area contributed by atoms with Gasteiger partial charge in [-0.3, -0.25) is 0 Å². The molecule has 1 saturated carbocycles. The average molecular weight is 289 g/mol. The van der Waals surface area contributed by atoms with Crippen molar-refractivity contribution >= 4 is 0 Å². The van der Waals surface area contributed by atoms with Crippen LogP contribution >= 0.6 is 0 Å². The van der Waals surface area contributed by atoms with Crippen LogP contribution in [-0.2, 0) is 9.47 Å². The minimum atomic E-state index is -0.483. The standard InChI is InChI=1S/C15H31NO4/c1-12-5-3-4-6-15(12)20-11-14(18)9-16-8-7-13(17)10-19-2/h12-18H,3-11H2,1-2H3. The van der Waals surface area contributed by atoms with Crippen LogP contribution in [0.2, 0.25) is 0 Å². The molecule has 4 atom stereocenters. The van der Waals surface area contributed by atoms with Gasteiger partial charge in [-0.2, -0.15) is 0 Å². The highest BCUT2D eigenvalue weighted by Gasteiger charge is 2.22. The summed E-state index contributed by atoms with van der Waals surface area (Å²) >= 11 is 0. The maximum atomic E-state index is 9.86. The number of methoxy groups -OCH3 is 1. The number of ether oxygens (including phenoxy) is 2. The number of nitrogens with one attached hydrogen (secondary N) is 1. The van der Waals surface area contributed by atoms with Crippen LogP contribution < -0.4 is 5.32 Å². The van der Waals surface area contributed by atoms with E-state index in [-0.39, 0.29) is 0 Å². The fraction of sp³-hybridized carbons (Fsp3) is 1.00. The van der Waals surface area contributed by atoms with Gasteiger partial charge in [0.05, 0.1) is 31.5 Å². The van der Waals surface area contributed by atoms with Gasteiger partial charge in [0.25, 0.3) is 0 Å². The van der Waals surface area contributed by atoms with Crippen molar-refractivity contribution in [3.05, 3.63) is 0 Å². The number of rotatable bonds is 10. The molecule has 1 aliphatic carbocycles. The van der Waals surface area contributed by atoms with Crippen LogP contribution in [0.5, 0.6) is 0 Å². The van der Waals surface area contributed by atoms with Gasteiger partial charge in [-0.05, 0) is 31.7 Å². The van der Waals surface area contributed by atoms with Gasteiger partial charge >= 0.3 is 0 Å². The van der Waals surface area contributed by atoms with Crippen LogP contribution in [0.15, 0.2) is 0 Å². The van der Waals surface area contributed by atoms with E-state index in [0.717, 1.165) is 6.42 Å². The van der Waals surface area contributed by atoms with Crippen LogP contribution in [0.25, 0.3) is 0 Å². The van der Waals surface area contributed by atoms with E-state index in [2.05, 4.69) is 12.2 Å². The first-order valence-corrected chi connectivity index (χ1v) is 7.80. The fourth-order valence-corrected chi connectivity index (χ4v) is 2.64. The van der Waals surface area contributed by atoms with Crippen molar-refractivity contribution in [1.29, 1.82) is 0 Å². The van der Waals surface area contributed by atoms with Gasteiger partial charge in [0.1, 0.15) is 0 Å². The summed E-state index contributed by atoms with van der Waals surface area (Å²) in [6.07, 6.45) is 4.90. The first-order chi connectivity index (χ1) is 9.63. The summed E-state index contributed by atoms with van der Waals surface area (Å²) in [6, 6.07) is 0. The lowest BCUT2D eigenvalue weighted by Crippen LogP contribution is -2.35. The van der Waals surface area contributed by atoms with Crippen molar-refractivity contribution in [2.24, 2.45) is 5.92 Å². The highest BCUT2D eigenvalue weighted by Crippen LogP contribution is 2.26. The summed E-state index contributed by atoms with van der Waals surface area (Å²) in [4.78, 5) is 0. The second-order valence-electron chi connectivity index (χ2n) is 5.89. The Kier molecular flexibility index (Phi) is 9.39. The van der Waals surface area contributed by atoms with E-state index in [1.165, 1.54) is 19.3 Å². The Balaban J connectivity index is 2.01. The third-order valence-electron chi connectivity index (χ3n) is 3.93. The zero-order valence-corrected chi connectivity index (χ0v) is 12.9. The smallest absolute Gasteiger partial charge is 0.0897 e. The van der Waals surface area contributed by atoms with Crippen LogP contribution in [0.4, 0.5) is 0 Å². The summed E-state index contributed by atoms with van der Waals surface area (Å²) in [7, 11) is 1.57. The van der Waals surface area contributed by atoms with Gasteiger partial charge in [-0.15, -0.1) is 0 Å². The molecule has 0 heterocycles. The molecule has 5 heteroatoms. The second kappa shape index (κ2) is 10.5. The molecule has 1 aliphatic rings. The maximum Gasteiger partial charge on any atom is 0.0897 e. The fourth-order valence-electron chi connectivity index (χ4n) is 2.64. The van der Waals surface area contributed by atoms with Gasteiger partial charge in [-0.1, -0.05) is 19.8 Å². The molecule has 120 valence electrons. The minimum absolute atomic E-state index is 0.307. The van der Waals surface area contributed by atoms with E-state index in [1.54, 1.807) is 7.11 Å². The van der Waals surface area contributed by atoms with E-state index in [0.29, 0.717) is 44.7 Å². The lowest BCUT2D eigenvalue weighted by atomic mass is 9.88. The Morgan fingerprint density at radius 3 is 2.60 bits per heavy atom. The Morgan fingerprint density at radius 1 is 1.15 bits per heavy atom. The molecular formula is C15H31NO4. The molecular weight excluding hydrogens is 258 g/mol. The molecule has 4 unspecified atom stereocenters. The summed E-state index contributed by atoms with van der Waals surface area (Å²) in [6.45, 7) is 4.14. The van der Waals surface area contributed by atoms with Gasteiger partial charge in [0.2, 0.25) is 0 Å². The van der Waals surface area contributed by atoms with Crippen molar-refractivity contribution in [2.45, 2.75) is 57.3 Å². The molecule has 3 N–H and O–H groups in total. The molecule has 0 aromatic rings. The molecule has 20 heavy (non-hydrogen) atoms. The van der Waals surface area contributed by atoms with Crippen molar-refractivity contribution in [1.82, 2.24) is 5.32 Å². The summed E-state index contributed by atoms with van der Waals surface area (Å²) < 4.78 is 10.7. The highest BCUT2D eigenvalue weighted by molar-refractivity contribution is 4.73. The molecule has 5 nitrogen and oxygen atoms in total. The summed E-state index contributed by atoms with van der Waals surface area (Å²) in [5.41, 5.74) is 0. The van der Waals surface area contributed by atoms with Crippen molar-refractivity contribution in [2.75, 3.05) is 33.4 Å². The first-order valence-electron chi connectivity index (χ1n) is 7.80. The van der Waals surface area contributed by atoms with E-state index in [1.807, 2.05) is 0 Å². The predicted octanol–water partition coefficient (Wildman–Crippen LogP) is 0.930. The van der Waals surface area contributed by atoms with Crippen LogP contribution in [-0.4, -0.2) is 61.9 Å². The number of hydrogen-bond donors (Lipinski definition) is 3. The molecule has 0 spiro atoms. The van der Waals surface area contributed by atoms with Gasteiger partial charge in [-0.25, -0.2) is 0 Å². The first kappa shape index (κ1) is 17.9. The molecule has 0 aromatic carbocycles. The largest absolute Gasteiger partial charge is 0.391 e. The lowest BCUT2D eigenvalue weighted by molar-refractivity contribution is -0.0452. The lowest BCUT2D eigenvalue weighted by Gasteiger charge is -2.29. The van der Waals surface area contributed by atoms with E-state index < -0.39 is 12.2 Å². The van der Waals surface area contributed by atoms with Crippen LogP contribution in [0.3, 0.4) is 0 Å². The van der Waals surface area contributed by atoms with Crippen molar-refractivity contribution in [3.63, 3.8) is 0 Å². The minimum Gasteiger partial charge on any atom is -0.391 e. The Morgan fingerprint density at radius 2 is 1.90 bits per heavy atom. The van der Waals surface area contributed by atoms with Crippen molar-refractivity contribution < 1.29 is 19.7 Å². The third kappa shape index (κ3) is 7.55. The topological polar surface area (TPSA) is 71.0 Å². The quantitative estimate of drug-likeness (QED) is 0.522. The predicted molar refractivity (Wildman–Crippen MR) is 78.7 cm³/mol. The summed E-state index contributed by atoms with van der Waals surface area (Å²) in [5, 5.41) is 22.5. The molecule has 0 amide bonds. The molecule has 0 radical (unpaired) electrons. The maximum absolute atomic E-state index is 9.86. The molecule has 0 aliphatic heterocycles. The van der Waals surface area contributed by atoms with E-state index >= 15 is 0 Å². The Hall–Kier alpha value is -0.200. The molecule has 0 aromatic heterocycles. The number of hydrogen-bond acceptors (Lipinski definition) is 5. The SMILES string of the molecule is COCC(O)CCNCC(O)COC1CCCCC1C. The van der Waals surface area contributed by atoms with Crippen molar-refractivity contribution in [3.8, 4) is 0 Å². The van der Waals surface area contributed by atoms with E-state index in [9.17, 15) is 10.2 Å². The van der Waals surface area contributed by atoms with Gasteiger partial charge in [0, 0.05) is 13.7 Å². The second-order valence-corrected chi connectivity index (χ2v) is 5.89. The number of aliphatic hydroxyl groups is 2. The Labute approximate surface area is 122 Å². The van der Waals surface area contributed by atoms with Crippen LogP contribution in [0.1, 0.15) is 39.0 Å². The third-order valence-corrected chi connectivity index (χ3v) is 3.93. The zero-order chi connectivity index (χ0) is 14.8. The zero-order valence-electron chi connectivity index (χ0n) is 12.9. The normalized spacial score (nSPS) is 26.4. The summed E-state index contributed by atoms with van der Waals surface area (Å²) in [5.74, 6) is 0.605. The monoisotopic (exact) mass is 289 g/mol. The molecule has 1 rings (SSSR count). The molecule has 0 saturated heterocycles. The van der Waals surface area contributed by atoms with Crippen LogP contribution in [0, 0.1) is 5.92 Å². The van der Waals surface area contributed by atoms with E-state index in [4.69, 9.17) is 9.47 Å². The molecule has 0 bridgehead atoms. The number of aliphatic hydroxyl groups excluding tert-OH is 2. The van der Waals surface area contributed by atoms with Gasteiger partial charge < -0.3 is 25.0 Å².